The van der Waals surface area contributed by atoms with Crippen molar-refractivity contribution in [2.45, 2.75) is 26.4 Å². The van der Waals surface area contributed by atoms with Gasteiger partial charge in [0.1, 0.15) is 6.10 Å². The monoisotopic (exact) mass is 172 g/mol. The van der Waals surface area contributed by atoms with Crippen LogP contribution in [0.2, 0.25) is 0 Å². The minimum Gasteiger partial charge on any atom is -0.465 e. The van der Waals surface area contributed by atoms with E-state index in [0.717, 1.165) is 0 Å². The summed E-state index contributed by atoms with van der Waals surface area (Å²) in [7, 11) is 0. The van der Waals surface area contributed by atoms with Crippen molar-refractivity contribution in [1.29, 1.82) is 0 Å². The van der Waals surface area contributed by atoms with Gasteiger partial charge in [0.15, 0.2) is 5.92 Å². The van der Waals surface area contributed by atoms with Crippen LogP contribution in [0.15, 0.2) is 0 Å². The molecule has 1 unspecified atom stereocenters. The zero-order valence-electron chi connectivity index (χ0n) is 7.20. The minimum atomic E-state index is -0.694. The number of ether oxygens (including phenoxy) is 2. The summed E-state index contributed by atoms with van der Waals surface area (Å²) in [6.45, 7) is 3.77. The van der Waals surface area contributed by atoms with Gasteiger partial charge >= 0.3 is 11.9 Å². The van der Waals surface area contributed by atoms with Crippen LogP contribution in [0.25, 0.3) is 0 Å². The summed E-state index contributed by atoms with van der Waals surface area (Å²) in [5.74, 6) is -1.62. The molecular weight excluding hydrogens is 160 g/mol. The maximum Gasteiger partial charge on any atom is 0.320 e. The summed E-state index contributed by atoms with van der Waals surface area (Å²) < 4.78 is 9.51. The molecule has 0 bridgehead atoms. The fourth-order valence-electron chi connectivity index (χ4n) is 1.19. The normalized spacial score (nSPS) is 28.3. The van der Waals surface area contributed by atoms with Crippen molar-refractivity contribution >= 4 is 11.9 Å². The van der Waals surface area contributed by atoms with Gasteiger partial charge in [0.25, 0.3) is 0 Å². The summed E-state index contributed by atoms with van der Waals surface area (Å²) in [4.78, 5) is 22.1. The molecule has 0 aromatic heterocycles. The average Bonchev–Trinajstić information content (AvgIpc) is 2.30. The molecule has 4 heteroatoms. The average molecular weight is 172 g/mol. The molecule has 1 aliphatic rings. The Labute approximate surface area is 70.8 Å². The van der Waals surface area contributed by atoms with E-state index in [1.54, 1.807) is 13.8 Å². The van der Waals surface area contributed by atoms with Gasteiger partial charge in [-0.25, -0.2) is 0 Å². The highest BCUT2D eigenvalue weighted by Crippen LogP contribution is 2.21. The third-order valence-electron chi connectivity index (χ3n) is 1.74. The lowest BCUT2D eigenvalue weighted by molar-refractivity contribution is -0.156. The van der Waals surface area contributed by atoms with Crippen molar-refractivity contribution in [3.05, 3.63) is 0 Å². The van der Waals surface area contributed by atoms with Gasteiger partial charge in [-0.2, -0.15) is 0 Å². The molecule has 0 amide bonds. The lowest BCUT2D eigenvalue weighted by atomic mass is 10.1. The number of hydrogen-bond donors (Lipinski definition) is 0. The molecule has 2 atom stereocenters. The first-order valence-electron chi connectivity index (χ1n) is 4.02. The van der Waals surface area contributed by atoms with Crippen LogP contribution < -0.4 is 0 Å². The molecule has 4 nitrogen and oxygen atoms in total. The molecule has 12 heavy (non-hydrogen) atoms. The second-order valence-electron chi connectivity index (χ2n) is 2.79. The maximum absolute atomic E-state index is 11.1. The van der Waals surface area contributed by atoms with Crippen LogP contribution in [0.1, 0.15) is 20.3 Å². The molecule has 0 saturated carbocycles. The Balaban J connectivity index is 2.52. The van der Waals surface area contributed by atoms with E-state index in [0.29, 0.717) is 13.0 Å². The Hall–Kier alpha value is -1.06. The molecule has 68 valence electrons. The number of carbonyl (C=O) groups is 2. The zero-order valence-corrected chi connectivity index (χ0v) is 7.20. The number of hydrogen-bond acceptors (Lipinski definition) is 4. The molecule has 1 rings (SSSR count). The van der Waals surface area contributed by atoms with Crippen LogP contribution in [-0.2, 0) is 19.1 Å². The van der Waals surface area contributed by atoms with Gasteiger partial charge in [-0.15, -0.1) is 0 Å². The quantitative estimate of drug-likeness (QED) is 0.449. The Bertz CT molecular complexity index is 199. The molecular formula is C8H12O4. The lowest BCUT2D eigenvalue weighted by Gasteiger charge is -2.03. The van der Waals surface area contributed by atoms with Gasteiger partial charge in [0.05, 0.1) is 6.61 Å². The van der Waals surface area contributed by atoms with Crippen molar-refractivity contribution in [3.8, 4) is 0 Å². The molecule has 0 aromatic carbocycles. The largest absolute Gasteiger partial charge is 0.465 e. The molecule has 1 heterocycles. The smallest absolute Gasteiger partial charge is 0.320 e. The van der Waals surface area contributed by atoms with E-state index in [2.05, 4.69) is 0 Å². The van der Waals surface area contributed by atoms with Gasteiger partial charge in [0, 0.05) is 6.42 Å². The van der Waals surface area contributed by atoms with Crippen molar-refractivity contribution in [2.75, 3.05) is 6.61 Å². The topological polar surface area (TPSA) is 52.6 Å². The Morgan fingerprint density at radius 2 is 2.42 bits per heavy atom. The van der Waals surface area contributed by atoms with Crippen molar-refractivity contribution in [3.63, 3.8) is 0 Å². The molecule has 0 radical (unpaired) electrons. The van der Waals surface area contributed by atoms with E-state index in [4.69, 9.17) is 9.47 Å². The molecule has 0 aliphatic carbocycles. The zero-order chi connectivity index (χ0) is 9.14. The first-order chi connectivity index (χ1) is 5.65. The standard InChI is InChI=1S/C8H12O4/c1-3-11-7(9)6-4-5(2)12-8(6)10/h5-6H,3-4H2,1-2H3/t5-,6?/m0/s1. The van der Waals surface area contributed by atoms with Crippen LogP contribution in [0.3, 0.4) is 0 Å². The van der Waals surface area contributed by atoms with Gasteiger partial charge in [-0.05, 0) is 13.8 Å². The SMILES string of the molecule is CCOC(=O)C1C[C@H](C)OC1=O. The highest BCUT2D eigenvalue weighted by atomic mass is 16.6. The van der Waals surface area contributed by atoms with Gasteiger partial charge in [0.2, 0.25) is 0 Å². The van der Waals surface area contributed by atoms with Gasteiger partial charge < -0.3 is 9.47 Å². The van der Waals surface area contributed by atoms with E-state index in [1.165, 1.54) is 0 Å². The third-order valence-corrected chi connectivity index (χ3v) is 1.74. The fourth-order valence-corrected chi connectivity index (χ4v) is 1.19. The predicted octanol–water partition coefficient (Wildman–Crippen LogP) is 0.501. The number of carbonyl (C=O) groups excluding carboxylic acids is 2. The summed E-state index contributed by atoms with van der Waals surface area (Å²) in [6, 6.07) is 0. The second-order valence-corrected chi connectivity index (χ2v) is 2.79. The van der Waals surface area contributed by atoms with Crippen molar-refractivity contribution in [2.24, 2.45) is 5.92 Å². The van der Waals surface area contributed by atoms with Crippen LogP contribution in [0.4, 0.5) is 0 Å². The van der Waals surface area contributed by atoms with Crippen LogP contribution in [-0.4, -0.2) is 24.6 Å². The molecule has 1 fully saturated rings. The summed E-state index contributed by atoms with van der Waals surface area (Å²) in [6.07, 6.45) is 0.282. The lowest BCUT2D eigenvalue weighted by Crippen LogP contribution is -2.21. The Morgan fingerprint density at radius 1 is 1.75 bits per heavy atom. The molecule has 0 spiro atoms. The highest BCUT2D eigenvalue weighted by Gasteiger charge is 2.38. The summed E-state index contributed by atoms with van der Waals surface area (Å²) in [5.41, 5.74) is 0. The molecule has 1 saturated heterocycles. The predicted molar refractivity (Wildman–Crippen MR) is 40.3 cm³/mol. The van der Waals surface area contributed by atoms with E-state index >= 15 is 0 Å². The highest BCUT2D eigenvalue weighted by molar-refractivity contribution is 5.96. The van der Waals surface area contributed by atoms with E-state index < -0.39 is 17.9 Å². The number of rotatable bonds is 2. The van der Waals surface area contributed by atoms with Gasteiger partial charge in [-0.1, -0.05) is 0 Å². The number of cyclic esters (lactones) is 1. The number of esters is 2. The van der Waals surface area contributed by atoms with Gasteiger partial charge in [-0.3, -0.25) is 9.59 Å². The van der Waals surface area contributed by atoms with E-state index in [9.17, 15) is 9.59 Å². The Morgan fingerprint density at radius 3 is 2.83 bits per heavy atom. The summed E-state index contributed by atoms with van der Waals surface area (Å²) >= 11 is 0. The van der Waals surface area contributed by atoms with Crippen LogP contribution >= 0.6 is 0 Å². The Kier molecular flexibility index (Phi) is 2.68. The summed E-state index contributed by atoms with van der Waals surface area (Å²) in [5, 5.41) is 0. The second kappa shape index (κ2) is 3.56. The molecule has 0 aromatic rings. The van der Waals surface area contributed by atoms with E-state index in [-0.39, 0.29) is 6.10 Å². The minimum absolute atomic E-state index is 0.160. The van der Waals surface area contributed by atoms with E-state index in [1.807, 2.05) is 0 Å². The molecule has 1 aliphatic heterocycles. The first-order valence-corrected chi connectivity index (χ1v) is 4.02. The third kappa shape index (κ3) is 1.75. The van der Waals surface area contributed by atoms with Crippen molar-refractivity contribution in [1.82, 2.24) is 0 Å². The van der Waals surface area contributed by atoms with Crippen molar-refractivity contribution < 1.29 is 19.1 Å². The first kappa shape index (κ1) is 9.03. The maximum atomic E-state index is 11.1. The fraction of sp³-hybridized carbons (Fsp3) is 0.750. The van der Waals surface area contributed by atoms with Crippen LogP contribution in [0.5, 0.6) is 0 Å². The molecule has 0 N–H and O–H groups in total. The van der Waals surface area contributed by atoms with Crippen LogP contribution in [0, 0.1) is 5.92 Å².